The van der Waals surface area contributed by atoms with E-state index in [0.29, 0.717) is 11.7 Å². The van der Waals surface area contributed by atoms with Crippen LogP contribution in [0.2, 0.25) is 0 Å². The molecule has 0 aliphatic carbocycles. The van der Waals surface area contributed by atoms with Gasteiger partial charge < -0.3 is 11.1 Å². The van der Waals surface area contributed by atoms with Gasteiger partial charge in [0.15, 0.2) is 0 Å². The fourth-order valence-electron chi connectivity index (χ4n) is 2.01. The number of nitrogens with zero attached hydrogens (tertiary/aromatic N) is 1. The summed E-state index contributed by atoms with van der Waals surface area (Å²) in [7, 11) is 0. The molecule has 0 fully saturated rings. The average Bonchev–Trinajstić information content (AvgIpc) is 2.37. The number of hydrogen-bond acceptors (Lipinski definition) is 4. The zero-order chi connectivity index (χ0) is 14.3. The van der Waals surface area contributed by atoms with Crippen LogP contribution in [0, 0.1) is 10.1 Å². The molecule has 19 heavy (non-hydrogen) atoms. The van der Waals surface area contributed by atoms with Gasteiger partial charge in [0.2, 0.25) is 0 Å². The third kappa shape index (κ3) is 5.16. The van der Waals surface area contributed by atoms with Crippen molar-refractivity contribution >= 4 is 17.1 Å². The molecule has 1 rings (SSSR count). The second kappa shape index (κ2) is 7.61. The Morgan fingerprint density at radius 3 is 2.68 bits per heavy atom. The number of nitro groups is 1. The first-order chi connectivity index (χ1) is 9.04. The lowest BCUT2D eigenvalue weighted by Crippen LogP contribution is -2.16. The number of rotatable bonds is 8. The quantitative estimate of drug-likeness (QED) is 0.323. The molecule has 3 N–H and O–H groups in total. The molecule has 0 aliphatic rings. The Hall–Kier alpha value is -1.78. The molecule has 0 saturated carbocycles. The van der Waals surface area contributed by atoms with Gasteiger partial charge in [0.25, 0.3) is 5.69 Å². The molecular formula is C14H23N3O2. The second-order valence-corrected chi connectivity index (χ2v) is 4.92. The van der Waals surface area contributed by atoms with Gasteiger partial charge in [-0.2, -0.15) is 0 Å². The summed E-state index contributed by atoms with van der Waals surface area (Å²) in [5.74, 6) is 0. The van der Waals surface area contributed by atoms with Gasteiger partial charge >= 0.3 is 0 Å². The number of hydrogen-bond donors (Lipinski definition) is 2. The van der Waals surface area contributed by atoms with E-state index in [9.17, 15) is 10.1 Å². The summed E-state index contributed by atoms with van der Waals surface area (Å²) in [6, 6.07) is 4.87. The van der Waals surface area contributed by atoms with Gasteiger partial charge in [-0.3, -0.25) is 10.1 Å². The summed E-state index contributed by atoms with van der Waals surface area (Å²) < 4.78 is 0. The summed E-state index contributed by atoms with van der Waals surface area (Å²) in [5.41, 5.74) is 7.04. The van der Waals surface area contributed by atoms with Crippen molar-refractivity contribution in [3.63, 3.8) is 0 Å². The molecular weight excluding hydrogens is 242 g/mol. The highest BCUT2D eigenvalue weighted by Crippen LogP contribution is 2.25. The van der Waals surface area contributed by atoms with Crippen molar-refractivity contribution in [1.29, 1.82) is 0 Å². The van der Waals surface area contributed by atoms with E-state index in [1.165, 1.54) is 37.8 Å². The third-order valence-corrected chi connectivity index (χ3v) is 3.14. The number of benzene rings is 1. The van der Waals surface area contributed by atoms with E-state index in [0.717, 1.165) is 12.1 Å². The Morgan fingerprint density at radius 1 is 1.37 bits per heavy atom. The number of anilines is 2. The van der Waals surface area contributed by atoms with Gasteiger partial charge in [-0.1, -0.05) is 32.6 Å². The normalized spacial score (nSPS) is 12.1. The highest BCUT2D eigenvalue weighted by molar-refractivity contribution is 5.69. The molecule has 0 spiro atoms. The molecule has 0 aromatic heterocycles. The van der Waals surface area contributed by atoms with Gasteiger partial charge in [-0.25, -0.2) is 0 Å². The first kappa shape index (κ1) is 15.3. The van der Waals surface area contributed by atoms with Crippen LogP contribution in [0.25, 0.3) is 0 Å². The van der Waals surface area contributed by atoms with Crippen molar-refractivity contribution in [2.24, 2.45) is 0 Å². The number of nitro benzene ring substituents is 1. The molecule has 5 heteroatoms. The van der Waals surface area contributed by atoms with Crippen molar-refractivity contribution in [2.45, 2.75) is 52.0 Å². The average molecular weight is 265 g/mol. The van der Waals surface area contributed by atoms with Gasteiger partial charge in [-0.15, -0.1) is 0 Å². The topological polar surface area (TPSA) is 81.2 Å². The lowest BCUT2D eigenvalue weighted by atomic mass is 10.1. The minimum absolute atomic E-state index is 0.0265. The maximum atomic E-state index is 10.6. The number of nitrogens with two attached hydrogens (primary N) is 1. The van der Waals surface area contributed by atoms with Crippen LogP contribution >= 0.6 is 0 Å². The largest absolute Gasteiger partial charge is 0.397 e. The zero-order valence-electron chi connectivity index (χ0n) is 11.7. The van der Waals surface area contributed by atoms with Crippen molar-refractivity contribution < 1.29 is 4.92 Å². The Kier molecular flexibility index (Phi) is 6.12. The van der Waals surface area contributed by atoms with E-state index in [4.69, 9.17) is 5.73 Å². The number of unbranched alkanes of at least 4 members (excludes halogenated alkanes) is 3. The summed E-state index contributed by atoms with van der Waals surface area (Å²) in [5, 5.41) is 13.9. The SMILES string of the molecule is CCCCCCC(C)Nc1ccc([N+](=O)[O-])cc1N. The van der Waals surface area contributed by atoms with E-state index in [1.54, 1.807) is 6.07 Å². The maximum Gasteiger partial charge on any atom is 0.271 e. The molecule has 0 aliphatic heterocycles. The van der Waals surface area contributed by atoms with Gasteiger partial charge in [0.1, 0.15) is 0 Å². The fraction of sp³-hybridized carbons (Fsp3) is 0.571. The van der Waals surface area contributed by atoms with E-state index >= 15 is 0 Å². The second-order valence-electron chi connectivity index (χ2n) is 4.92. The first-order valence-electron chi connectivity index (χ1n) is 6.85. The van der Waals surface area contributed by atoms with Crippen molar-refractivity contribution in [1.82, 2.24) is 0 Å². The van der Waals surface area contributed by atoms with Crippen molar-refractivity contribution in [2.75, 3.05) is 11.1 Å². The molecule has 1 aromatic rings. The number of nitrogen functional groups attached to an aromatic ring is 1. The van der Waals surface area contributed by atoms with Crippen LogP contribution in [0.3, 0.4) is 0 Å². The van der Waals surface area contributed by atoms with Crippen LogP contribution in [-0.4, -0.2) is 11.0 Å². The van der Waals surface area contributed by atoms with E-state index in [1.807, 2.05) is 0 Å². The first-order valence-corrected chi connectivity index (χ1v) is 6.85. The molecule has 0 bridgehead atoms. The highest BCUT2D eigenvalue weighted by atomic mass is 16.6. The molecule has 0 saturated heterocycles. The Balaban J connectivity index is 2.50. The van der Waals surface area contributed by atoms with Gasteiger partial charge in [0, 0.05) is 18.2 Å². The van der Waals surface area contributed by atoms with Crippen LogP contribution in [0.5, 0.6) is 0 Å². The summed E-state index contributed by atoms with van der Waals surface area (Å²) in [4.78, 5) is 10.2. The monoisotopic (exact) mass is 265 g/mol. The summed E-state index contributed by atoms with van der Waals surface area (Å²) >= 11 is 0. The molecule has 0 heterocycles. The molecule has 1 aromatic carbocycles. The predicted octanol–water partition coefficient (Wildman–Crippen LogP) is 3.95. The van der Waals surface area contributed by atoms with Crippen molar-refractivity contribution in [3.05, 3.63) is 28.3 Å². The molecule has 106 valence electrons. The van der Waals surface area contributed by atoms with Crippen LogP contribution in [0.4, 0.5) is 17.1 Å². The number of nitrogens with one attached hydrogen (secondary N) is 1. The molecule has 0 amide bonds. The van der Waals surface area contributed by atoms with Gasteiger partial charge in [0.05, 0.1) is 16.3 Å². The van der Waals surface area contributed by atoms with Gasteiger partial charge in [-0.05, 0) is 19.4 Å². The summed E-state index contributed by atoms with van der Waals surface area (Å²) in [6.07, 6.45) is 6.02. The highest BCUT2D eigenvalue weighted by Gasteiger charge is 2.10. The summed E-state index contributed by atoms with van der Waals surface area (Å²) in [6.45, 7) is 4.30. The van der Waals surface area contributed by atoms with Crippen LogP contribution < -0.4 is 11.1 Å². The third-order valence-electron chi connectivity index (χ3n) is 3.14. The predicted molar refractivity (Wildman–Crippen MR) is 79.4 cm³/mol. The number of non-ortho nitro benzene ring substituents is 1. The standard InChI is InChI=1S/C14H23N3O2/c1-3-4-5-6-7-11(2)16-14-9-8-12(17(18)19)10-13(14)15/h8-11,16H,3-7,15H2,1-2H3. The smallest absolute Gasteiger partial charge is 0.271 e. The minimum Gasteiger partial charge on any atom is -0.397 e. The van der Waals surface area contributed by atoms with Crippen molar-refractivity contribution in [3.8, 4) is 0 Å². The molecule has 5 nitrogen and oxygen atoms in total. The lowest BCUT2D eigenvalue weighted by molar-refractivity contribution is -0.384. The van der Waals surface area contributed by atoms with E-state index in [2.05, 4.69) is 19.2 Å². The zero-order valence-corrected chi connectivity index (χ0v) is 11.7. The Labute approximate surface area is 114 Å². The Bertz CT molecular complexity index is 421. The van der Waals surface area contributed by atoms with E-state index in [-0.39, 0.29) is 5.69 Å². The molecule has 1 unspecified atom stereocenters. The van der Waals surface area contributed by atoms with Crippen LogP contribution in [0.1, 0.15) is 46.0 Å². The Morgan fingerprint density at radius 2 is 2.11 bits per heavy atom. The minimum atomic E-state index is -0.436. The van der Waals surface area contributed by atoms with Crippen LogP contribution in [0.15, 0.2) is 18.2 Å². The molecule has 1 atom stereocenters. The fourth-order valence-corrected chi connectivity index (χ4v) is 2.01. The van der Waals surface area contributed by atoms with E-state index < -0.39 is 4.92 Å². The molecule has 0 radical (unpaired) electrons. The maximum absolute atomic E-state index is 10.6. The lowest BCUT2D eigenvalue weighted by Gasteiger charge is -2.16. The van der Waals surface area contributed by atoms with Crippen LogP contribution in [-0.2, 0) is 0 Å².